The van der Waals surface area contributed by atoms with Crippen LogP contribution in [0.15, 0.2) is 39.6 Å². The molecule has 0 spiro atoms. The monoisotopic (exact) mass is 492 g/mol. The number of carboxylic acid groups (broad SMARTS) is 1. The molecule has 1 saturated heterocycles. The molecule has 2 N–H and O–H groups in total. The van der Waals surface area contributed by atoms with Crippen LogP contribution in [0, 0.1) is 0 Å². The molecule has 0 radical (unpaired) electrons. The smallest absolute Gasteiger partial charge is 0.307 e. The lowest BCUT2D eigenvalue weighted by Crippen LogP contribution is -2.20. The highest BCUT2D eigenvalue weighted by molar-refractivity contribution is 6.15. The molecule has 0 bridgehead atoms. The summed E-state index contributed by atoms with van der Waals surface area (Å²) >= 11 is 0. The average molecular weight is 492 g/mol. The lowest BCUT2D eigenvalue weighted by molar-refractivity contribution is -0.147. The fourth-order valence-electron chi connectivity index (χ4n) is 5.08. The van der Waals surface area contributed by atoms with Crippen molar-refractivity contribution in [3.05, 3.63) is 63.0 Å². The number of carbonyl (C=O) groups is 3. The van der Waals surface area contributed by atoms with E-state index >= 15 is 0 Å². The Balaban J connectivity index is 1.86. The molecular weight excluding hydrogens is 468 g/mol. The van der Waals surface area contributed by atoms with Crippen LogP contribution < -0.4 is 5.43 Å². The molecule has 3 unspecified atom stereocenters. The van der Waals surface area contributed by atoms with E-state index in [0.717, 1.165) is 0 Å². The second kappa shape index (κ2) is 8.30. The number of aromatic hydroxyl groups is 1. The lowest BCUT2D eigenvalue weighted by Gasteiger charge is -2.26. The molecular formula is C27H24O9. The van der Waals surface area contributed by atoms with Gasteiger partial charge in [0.15, 0.2) is 16.8 Å². The summed E-state index contributed by atoms with van der Waals surface area (Å²) in [4.78, 5) is 49.4. The Morgan fingerprint density at radius 2 is 1.97 bits per heavy atom. The van der Waals surface area contributed by atoms with E-state index in [0.29, 0.717) is 10.9 Å². The number of hydrogen-bond acceptors (Lipinski definition) is 8. The SMILES string of the molecule is CC=CC1OC1(C)c1cc(=O)c2c(CC(=O)O)cc3cc4c(c(O)c3c2o1)C(=O)CCC4OC(C)=O. The van der Waals surface area contributed by atoms with E-state index in [2.05, 4.69) is 0 Å². The van der Waals surface area contributed by atoms with Crippen LogP contribution in [0.4, 0.5) is 0 Å². The summed E-state index contributed by atoms with van der Waals surface area (Å²) < 4.78 is 17.3. The first-order valence-electron chi connectivity index (χ1n) is 11.6. The van der Waals surface area contributed by atoms with E-state index in [1.54, 1.807) is 13.0 Å². The van der Waals surface area contributed by atoms with Crippen LogP contribution in [-0.4, -0.2) is 34.0 Å². The number of epoxide rings is 1. The first kappa shape index (κ1) is 23.7. The Morgan fingerprint density at radius 3 is 2.64 bits per heavy atom. The number of phenols is 1. The van der Waals surface area contributed by atoms with Gasteiger partial charge in [0.2, 0.25) is 0 Å². The van der Waals surface area contributed by atoms with Gasteiger partial charge in [-0.05, 0) is 43.4 Å². The van der Waals surface area contributed by atoms with Crippen LogP contribution in [0.25, 0.3) is 21.7 Å². The second-order valence-corrected chi connectivity index (χ2v) is 9.30. The number of benzene rings is 2. The summed E-state index contributed by atoms with van der Waals surface area (Å²) in [5, 5.41) is 21.3. The lowest BCUT2D eigenvalue weighted by atomic mass is 9.84. The minimum atomic E-state index is -1.15. The van der Waals surface area contributed by atoms with Crippen LogP contribution >= 0.6 is 0 Å². The number of phenolic OH excluding ortho intramolecular Hbond substituents is 1. The van der Waals surface area contributed by atoms with Gasteiger partial charge in [-0.2, -0.15) is 0 Å². The number of carbonyl (C=O) groups excluding carboxylic acids is 2. The standard InChI is InChI=1S/C27H24O9/c1-4-5-19-27(3,36-19)20-11-17(30)22-14(10-21(31)32)8-13-9-15-18(34-12(2)28)7-6-16(29)24(15)25(33)23(13)26(22)35-20/h4-5,8-9,11,18-19,33H,6-7,10H2,1-3H3,(H,31,32). The number of esters is 1. The molecule has 2 aliphatic rings. The Bertz CT molecular complexity index is 1560. The average Bonchev–Trinajstić information content (AvgIpc) is 3.45. The molecule has 1 fully saturated rings. The van der Waals surface area contributed by atoms with Gasteiger partial charge in [-0.15, -0.1) is 0 Å². The number of fused-ring (bicyclic) bond motifs is 4. The van der Waals surface area contributed by atoms with Gasteiger partial charge in [0.1, 0.15) is 29.3 Å². The van der Waals surface area contributed by atoms with Crippen molar-refractivity contribution in [2.24, 2.45) is 0 Å². The largest absolute Gasteiger partial charge is 0.506 e. The summed E-state index contributed by atoms with van der Waals surface area (Å²) in [5.74, 6) is -2.20. The third-order valence-electron chi connectivity index (χ3n) is 6.81. The summed E-state index contributed by atoms with van der Waals surface area (Å²) in [7, 11) is 0. The van der Waals surface area contributed by atoms with E-state index in [9.17, 15) is 29.4 Å². The van der Waals surface area contributed by atoms with Crippen molar-refractivity contribution in [2.75, 3.05) is 0 Å². The molecule has 2 aromatic carbocycles. The highest BCUT2D eigenvalue weighted by Gasteiger charge is 2.54. The Kier molecular flexibility index (Phi) is 5.48. The fraction of sp³-hybridized carbons (Fsp3) is 0.333. The zero-order valence-electron chi connectivity index (χ0n) is 19.9. The Labute approximate surface area is 204 Å². The molecule has 0 amide bonds. The van der Waals surface area contributed by atoms with Gasteiger partial charge in [-0.25, -0.2) is 0 Å². The molecule has 1 aliphatic heterocycles. The summed E-state index contributed by atoms with van der Waals surface area (Å²) in [5.41, 5.74) is -0.888. The minimum Gasteiger partial charge on any atom is -0.506 e. The molecule has 1 aromatic heterocycles. The van der Waals surface area contributed by atoms with Crippen LogP contribution in [0.3, 0.4) is 0 Å². The highest BCUT2D eigenvalue weighted by Crippen LogP contribution is 2.49. The number of hydrogen-bond donors (Lipinski definition) is 2. The number of Topliss-reactive ketones (excluding diaryl/α,β-unsaturated/α-hetero) is 1. The van der Waals surface area contributed by atoms with E-state index in [-0.39, 0.29) is 58.0 Å². The summed E-state index contributed by atoms with van der Waals surface area (Å²) in [6, 6.07) is 4.36. The number of aliphatic carboxylic acids is 1. The molecule has 186 valence electrons. The maximum absolute atomic E-state index is 13.3. The molecule has 5 rings (SSSR count). The van der Waals surface area contributed by atoms with Gasteiger partial charge < -0.3 is 24.1 Å². The first-order valence-corrected chi connectivity index (χ1v) is 11.6. The number of carboxylic acids is 1. The number of allylic oxidation sites excluding steroid dienone is 1. The Morgan fingerprint density at radius 1 is 1.22 bits per heavy atom. The second-order valence-electron chi connectivity index (χ2n) is 9.30. The third kappa shape index (κ3) is 3.67. The molecule has 1 aliphatic carbocycles. The van der Waals surface area contributed by atoms with Crippen LogP contribution in [0.2, 0.25) is 0 Å². The molecule has 36 heavy (non-hydrogen) atoms. The fourth-order valence-corrected chi connectivity index (χ4v) is 5.08. The molecule has 9 nitrogen and oxygen atoms in total. The topological polar surface area (TPSA) is 144 Å². The van der Waals surface area contributed by atoms with E-state index in [1.807, 2.05) is 19.1 Å². The van der Waals surface area contributed by atoms with Crippen molar-refractivity contribution in [3.63, 3.8) is 0 Å². The zero-order chi connectivity index (χ0) is 25.9. The Hall–Kier alpha value is -3.98. The van der Waals surface area contributed by atoms with Gasteiger partial charge in [0, 0.05) is 25.0 Å². The summed E-state index contributed by atoms with van der Waals surface area (Å²) in [6.07, 6.45) is 2.43. The highest BCUT2D eigenvalue weighted by atomic mass is 16.6. The van der Waals surface area contributed by atoms with Crippen LogP contribution in [-0.2, 0) is 31.1 Å². The normalized spacial score (nSPS) is 23.2. The van der Waals surface area contributed by atoms with Gasteiger partial charge in [-0.1, -0.05) is 12.2 Å². The third-order valence-corrected chi connectivity index (χ3v) is 6.81. The summed E-state index contributed by atoms with van der Waals surface area (Å²) in [6.45, 7) is 4.86. The van der Waals surface area contributed by atoms with Crippen molar-refractivity contribution in [1.29, 1.82) is 0 Å². The van der Waals surface area contributed by atoms with Gasteiger partial charge in [-0.3, -0.25) is 19.2 Å². The van der Waals surface area contributed by atoms with Gasteiger partial charge >= 0.3 is 11.9 Å². The molecule has 2 heterocycles. The molecule has 0 saturated carbocycles. The van der Waals surface area contributed by atoms with Gasteiger partial charge in [0.25, 0.3) is 0 Å². The van der Waals surface area contributed by atoms with Gasteiger partial charge in [0.05, 0.1) is 22.8 Å². The molecule has 9 heteroatoms. The maximum Gasteiger partial charge on any atom is 0.307 e. The predicted octanol–water partition coefficient (Wildman–Crippen LogP) is 4.05. The van der Waals surface area contributed by atoms with Crippen molar-refractivity contribution < 1.29 is 38.5 Å². The van der Waals surface area contributed by atoms with Crippen molar-refractivity contribution >= 4 is 39.5 Å². The van der Waals surface area contributed by atoms with Crippen LogP contribution in [0.5, 0.6) is 5.75 Å². The first-order chi connectivity index (χ1) is 17.0. The zero-order valence-corrected chi connectivity index (χ0v) is 19.9. The number of rotatable bonds is 5. The van der Waals surface area contributed by atoms with Crippen LogP contribution in [0.1, 0.15) is 67.0 Å². The van der Waals surface area contributed by atoms with Crippen molar-refractivity contribution in [1.82, 2.24) is 0 Å². The quantitative estimate of drug-likeness (QED) is 0.233. The van der Waals surface area contributed by atoms with Crippen molar-refractivity contribution in [3.8, 4) is 5.75 Å². The predicted molar refractivity (Wildman–Crippen MR) is 128 cm³/mol. The van der Waals surface area contributed by atoms with E-state index in [1.165, 1.54) is 19.1 Å². The minimum absolute atomic E-state index is 0.000938. The van der Waals surface area contributed by atoms with E-state index < -0.39 is 41.2 Å². The maximum atomic E-state index is 13.3. The molecule has 3 aromatic rings. The molecule has 3 atom stereocenters. The number of ether oxygens (including phenoxy) is 2. The van der Waals surface area contributed by atoms with E-state index in [4.69, 9.17) is 13.9 Å². The van der Waals surface area contributed by atoms with Crippen molar-refractivity contribution in [2.45, 2.75) is 57.8 Å². The number of ketones is 1.